The summed E-state index contributed by atoms with van der Waals surface area (Å²) in [5.74, 6) is -0.440. The lowest BCUT2D eigenvalue weighted by Crippen LogP contribution is -2.34. The van der Waals surface area contributed by atoms with E-state index in [2.05, 4.69) is 15.2 Å². The fourth-order valence-corrected chi connectivity index (χ4v) is 2.27. The Balaban J connectivity index is 2.10. The molecule has 10 heteroatoms. The van der Waals surface area contributed by atoms with E-state index in [0.717, 1.165) is 6.07 Å². The van der Waals surface area contributed by atoms with Gasteiger partial charge in [0.1, 0.15) is 17.6 Å². The number of carbonyl (C=O) groups excluding carboxylic acids is 2. The number of carbonyl (C=O) groups is 2. The Morgan fingerprint density at radius 1 is 1.29 bits per heavy atom. The van der Waals surface area contributed by atoms with Crippen LogP contribution < -0.4 is 10.1 Å². The van der Waals surface area contributed by atoms with Gasteiger partial charge in [-0.2, -0.15) is 5.10 Å². The van der Waals surface area contributed by atoms with Gasteiger partial charge in [-0.1, -0.05) is 0 Å². The van der Waals surface area contributed by atoms with Gasteiger partial charge in [0.05, 0.1) is 12.7 Å². The number of hydrogen-bond acceptors (Lipinski definition) is 5. The van der Waals surface area contributed by atoms with Crippen molar-refractivity contribution < 1.29 is 32.2 Å². The first-order valence-electron chi connectivity index (χ1n) is 8.31. The van der Waals surface area contributed by atoms with Gasteiger partial charge in [0.15, 0.2) is 0 Å². The fraction of sp³-hybridized carbons (Fsp3) is 0.389. The third-order valence-corrected chi connectivity index (χ3v) is 3.32. The lowest BCUT2D eigenvalue weighted by Gasteiger charge is -2.19. The molecule has 0 saturated heterocycles. The van der Waals surface area contributed by atoms with Crippen molar-refractivity contribution in [3.8, 4) is 16.9 Å². The molecule has 2 aromatic rings. The first-order valence-corrected chi connectivity index (χ1v) is 8.31. The number of nitrogens with zero attached hydrogens (tertiary/aromatic N) is 2. The molecular weight excluding hydrogens is 379 g/mol. The summed E-state index contributed by atoms with van der Waals surface area (Å²) in [6.45, 7) is 5.68. The smallest absolute Gasteiger partial charge is 0.444 e. The van der Waals surface area contributed by atoms with Gasteiger partial charge in [0.25, 0.3) is 0 Å². The van der Waals surface area contributed by atoms with Gasteiger partial charge in [-0.15, -0.1) is 13.2 Å². The summed E-state index contributed by atoms with van der Waals surface area (Å²) >= 11 is 0. The Morgan fingerprint density at radius 3 is 2.61 bits per heavy atom. The van der Waals surface area contributed by atoms with Crippen molar-refractivity contribution in [3.63, 3.8) is 0 Å². The summed E-state index contributed by atoms with van der Waals surface area (Å²) in [5.41, 5.74) is -0.0149. The Morgan fingerprint density at radius 2 is 2.00 bits per heavy atom. The molecule has 0 fully saturated rings. The summed E-state index contributed by atoms with van der Waals surface area (Å²) in [7, 11) is 0. The second-order valence-corrected chi connectivity index (χ2v) is 6.84. The van der Waals surface area contributed by atoms with E-state index in [-0.39, 0.29) is 24.2 Å². The maximum absolute atomic E-state index is 12.6. The predicted molar refractivity (Wildman–Crippen MR) is 94.0 cm³/mol. The number of rotatable bonds is 6. The summed E-state index contributed by atoms with van der Waals surface area (Å²) in [4.78, 5) is 22.6. The first kappa shape index (κ1) is 21.3. The largest absolute Gasteiger partial charge is 0.573 e. The minimum atomic E-state index is -4.87. The number of alkyl halides is 3. The lowest BCUT2D eigenvalue weighted by molar-refractivity contribution is -0.274. The van der Waals surface area contributed by atoms with Crippen LogP contribution in [0.3, 0.4) is 0 Å². The Hall–Kier alpha value is -3.04. The van der Waals surface area contributed by atoms with Crippen LogP contribution >= 0.6 is 0 Å². The third-order valence-electron chi connectivity index (χ3n) is 3.32. The topological polar surface area (TPSA) is 82.5 Å². The fourth-order valence-electron chi connectivity index (χ4n) is 2.27. The Labute approximate surface area is 159 Å². The van der Waals surface area contributed by atoms with Crippen LogP contribution in [-0.2, 0) is 11.3 Å². The second kappa shape index (κ2) is 8.32. The number of hydrogen-bond donors (Lipinski definition) is 1. The van der Waals surface area contributed by atoms with Crippen LogP contribution in [0.15, 0.2) is 30.6 Å². The van der Waals surface area contributed by atoms with Crippen molar-refractivity contribution in [3.05, 3.63) is 36.2 Å². The van der Waals surface area contributed by atoms with Crippen LogP contribution in [0.1, 0.15) is 31.1 Å². The van der Waals surface area contributed by atoms with Crippen molar-refractivity contribution in [2.24, 2.45) is 0 Å². The van der Waals surface area contributed by atoms with E-state index in [1.54, 1.807) is 20.8 Å². The number of benzene rings is 1. The van der Waals surface area contributed by atoms with Crippen molar-refractivity contribution >= 4 is 12.4 Å². The molecule has 0 unspecified atom stereocenters. The van der Waals surface area contributed by atoms with Gasteiger partial charge in [0, 0.05) is 29.4 Å². The van der Waals surface area contributed by atoms with Crippen LogP contribution in [0.4, 0.5) is 18.0 Å². The number of amides is 1. The Kier molecular flexibility index (Phi) is 6.32. The standard InChI is InChI=1S/C18H20F3N3O4/c1-17(2,3)28-16(26)22-6-7-24-10-13(9-23-24)14-8-12(11-25)4-5-15(14)27-18(19,20)21/h4-5,8-11H,6-7H2,1-3H3,(H,22,26). The minimum absolute atomic E-state index is 0.0771. The van der Waals surface area contributed by atoms with Crippen LogP contribution in [0.5, 0.6) is 5.75 Å². The van der Waals surface area contributed by atoms with Crippen LogP contribution in [-0.4, -0.2) is 40.7 Å². The normalized spacial score (nSPS) is 11.8. The van der Waals surface area contributed by atoms with Gasteiger partial charge >= 0.3 is 12.5 Å². The van der Waals surface area contributed by atoms with Crippen LogP contribution in [0.25, 0.3) is 11.1 Å². The SMILES string of the molecule is CC(C)(C)OC(=O)NCCn1cc(-c2cc(C=O)ccc2OC(F)(F)F)cn1. The van der Waals surface area contributed by atoms with Crippen molar-refractivity contribution in [2.75, 3.05) is 6.54 Å². The third kappa shape index (κ3) is 6.60. The molecule has 1 aromatic carbocycles. The molecule has 152 valence electrons. The van der Waals surface area contributed by atoms with E-state index in [4.69, 9.17) is 4.74 Å². The zero-order valence-electron chi connectivity index (χ0n) is 15.5. The Bertz CT molecular complexity index is 841. The summed E-state index contributed by atoms with van der Waals surface area (Å²) in [6.07, 6.45) is -2.09. The molecule has 0 aliphatic heterocycles. The molecule has 0 spiro atoms. The number of ether oxygens (including phenoxy) is 2. The molecular formula is C18H20F3N3O4. The summed E-state index contributed by atoms with van der Waals surface area (Å²) in [6, 6.07) is 3.59. The summed E-state index contributed by atoms with van der Waals surface area (Å²) < 4.78 is 48.4. The number of nitrogens with one attached hydrogen (secondary N) is 1. The van der Waals surface area contributed by atoms with Crippen molar-refractivity contribution in [2.45, 2.75) is 39.3 Å². The maximum Gasteiger partial charge on any atom is 0.573 e. The number of aromatic nitrogens is 2. The van der Waals surface area contributed by atoms with Gasteiger partial charge in [-0.25, -0.2) is 4.79 Å². The van der Waals surface area contributed by atoms with E-state index in [1.165, 1.54) is 29.2 Å². The molecule has 0 aliphatic carbocycles. The van der Waals surface area contributed by atoms with Gasteiger partial charge in [0.2, 0.25) is 0 Å². The second-order valence-electron chi connectivity index (χ2n) is 6.84. The zero-order chi connectivity index (χ0) is 20.9. The highest BCUT2D eigenvalue weighted by Gasteiger charge is 2.32. The number of halogens is 3. The van der Waals surface area contributed by atoms with E-state index < -0.39 is 23.8 Å². The zero-order valence-corrected chi connectivity index (χ0v) is 15.5. The van der Waals surface area contributed by atoms with E-state index in [0.29, 0.717) is 11.8 Å². The number of aldehydes is 1. The molecule has 28 heavy (non-hydrogen) atoms. The van der Waals surface area contributed by atoms with Gasteiger partial charge < -0.3 is 14.8 Å². The molecule has 1 N–H and O–H groups in total. The highest BCUT2D eigenvalue weighted by molar-refractivity contribution is 5.81. The minimum Gasteiger partial charge on any atom is -0.444 e. The molecule has 0 atom stereocenters. The molecule has 7 nitrogen and oxygen atoms in total. The van der Waals surface area contributed by atoms with Crippen LogP contribution in [0.2, 0.25) is 0 Å². The quantitative estimate of drug-likeness (QED) is 0.748. The molecule has 0 saturated carbocycles. The average Bonchev–Trinajstić information content (AvgIpc) is 3.00. The van der Waals surface area contributed by atoms with E-state index in [1.807, 2.05) is 0 Å². The van der Waals surface area contributed by atoms with Gasteiger partial charge in [-0.05, 0) is 39.0 Å². The van der Waals surface area contributed by atoms with Crippen molar-refractivity contribution in [1.29, 1.82) is 0 Å². The summed E-state index contributed by atoms with van der Waals surface area (Å²) in [5, 5.41) is 6.61. The first-order chi connectivity index (χ1) is 13.0. The van der Waals surface area contributed by atoms with Crippen LogP contribution in [0, 0.1) is 0 Å². The molecule has 0 aliphatic rings. The maximum atomic E-state index is 12.6. The van der Waals surface area contributed by atoms with Crippen molar-refractivity contribution in [1.82, 2.24) is 15.1 Å². The molecule has 2 rings (SSSR count). The average molecular weight is 399 g/mol. The predicted octanol–water partition coefficient (Wildman–Crippen LogP) is 3.79. The molecule has 1 heterocycles. The van der Waals surface area contributed by atoms with E-state index >= 15 is 0 Å². The number of alkyl carbamates (subject to hydrolysis) is 1. The monoisotopic (exact) mass is 399 g/mol. The lowest BCUT2D eigenvalue weighted by atomic mass is 10.1. The molecule has 1 amide bonds. The highest BCUT2D eigenvalue weighted by Crippen LogP contribution is 2.34. The van der Waals surface area contributed by atoms with E-state index in [9.17, 15) is 22.8 Å². The molecule has 0 bridgehead atoms. The molecule has 0 radical (unpaired) electrons. The van der Waals surface area contributed by atoms with Gasteiger partial charge in [-0.3, -0.25) is 9.48 Å². The molecule has 1 aromatic heterocycles. The highest BCUT2D eigenvalue weighted by atomic mass is 19.4.